The molecule has 1 N–H and O–H groups in total. The van der Waals surface area contributed by atoms with Crippen molar-refractivity contribution < 1.29 is 4.74 Å². The van der Waals surface area contributed by atoms with Crippen LogP contribution in [0.15, 0.2) is 84.9 Å². The topological polar surface area (TPSA) is 24.5 Å². The molecule has 1 heterocycles. The largest absolute Gasteiger partial charge is 0.489 e. The zero-order valence-electron chi connectivity index (χ0n) is 16.3. The number of hydrogen-bond acceptors (Lipinski definition) is 3. The fourth-order valence-electron chi connectivity index (χ4n) is 3.86. The van der Waals surface area contributed by atoms with Crippen LogP contribution < -0.4 is 10.1 Å². The van der Waals surface area contributed by atoms with Crippen LogP contribution in [-0.2, 0) is 6.61 Å². The Labute approximate surface area is 168 Å². The Morgan fingerprint density at radius 3 is 2.18 bits per heavy atom. The lowest BCUT2D eigenvalue weighted by Crippen LogP contribution is -2.33. The number of ether oxygens (including phenoxy) is 1. The van der Waals surface area contributed by atoms with Crippen molar-refractivity contribution in [1.29, 1.82) is 0 Å². The van der Waals surface area contributed by atoms with Crippen LogP contribution in [0, 0.1) is 0 Å². The molecule has 0 amide bonds. The lowest BCUT2D eigenvalue weighted by Gasteiger charge is -2.31. The maximum atomic E-state index is 5.97. The quantitative estimate of drug-likeness (QED) is 0.682. The molecule has 1 atom stereocenters. The highest BCUT2D eigenvalue weighted by atomic mass is 16.5. The van der Waals surface area contributed by atoms with Crippen molar-refractivity contribution in [2.24, 2.45) is 0 Å². The molecule has 3 aromatic rings. The van der Waals surface area contributed by atoms with Gasteiger partial charge in [0.1, 0.15) is 12.4 Å². The highest BCUT2D eigenvalue weighted by Gasteiger charge is 2.23. The molecule has 0 saturated carbocycles. The summed E-state index contributed by atoms with van der Waals surface area (Å²) in [5.74, 6) is 0.914. The van der Waals surface area contributed by atoms with E-state index < -0.39 is 0 Å². The molecule has 0 aromatic heterocycles. The summed E-state index contributed by atoms with van der Waals surface area (Å²) >= 11 is 0. The van der Waals surface area contributed by atoms with E-state index in [9.17, 15) is 0 Å². The Kier molecular flexibility index (Phi) is 6.38. The molecule has 0 radical (unpaired) electrons. The zero-order valence-corrected chi connectivity index (χ0v) is 16.3. The van der Waals surface area contributed by atoms with E-state index >= 15 is 0 Å². The van der Waals surface area contributed by atoms with Crippen molar-refractivity contribution in [1.82, 2.24) is 10.2 Å². The van der Waals surface area contributed by atoms with E-state index in [0.717, 1.165) is 31.9 Å². The molecule has 0 bridgehead atoms. The van der Waals surface area contributed by atoms with Crippen LogP contribution in [0.5, 0.6) is 5.75 Å². The Hall–Kier alpha value is -2.62. The van der Waals surface area contributed by atoms with Gasteiger partial charge in [-0.25, -0.2) is 0 Å². The van der Waals surface area contributed by atoms with Crippen LogP contribution >= 0.6 is 0 Å². The van der Waals surface area contributed by atoms with Crippen LogP contribution in [0.3, 0.4) is 0 Å². The Balaban J connectivity index is 1.52. The number of benzene rings is 3. The maximum absolute atomic E-state index is 5.97. The van der Waals surface area contributed by atoms with Gasteiger partial charge in [-0.2, -0.15) is 0 Å². The summed E-state index contributed by atoms with van der Waals surface area (Å²) in [6.45, 7) is 4.91. The molecule has 28 heavy (non-hydrogen) atoms. The van der Waals surface area contributed by atoms with Crippen LogP contribution in [0.2, 0.25) is 0 Å². The molecule has 144 valence electrons. The van der Waals surface area contributed by atoms with Crippen molar-refractivity contribution in [3.05, 3.63) is 102 Å². The van der Waals surface area contributed by atoms with E-state index in [1.54, 1.807) is 0 Å². The van der Waals surface area contributed by atoms with Crippen LogP contribution in [0.4, 0.5) is 0 Å². The third kappa shape index (κ3) is 4.80. The first-order valence-corrected chi connectivity index (χ1v) is 10.2. The minimum absolute atomic E-state index is 0.282. The van der Waals surface area contributed by atoms with Crippen molar-refractivity contribution in [3.63, 3.8) is 0 Å². The highest BCUT2D eigenvalue weighted by molar-refractivity contribution is 5.36. The monoisotopic (exact) mass is 372 g/mol. The second kappa shape index (κ2) is 9.54. The molecule has 4 rings (SSSR count). The third-order valence-electron chi connectivity index (χ3n) is 5.30. The van der Waals surface area contributed by atoms with Gasteiger partial charge in [-0.1, -0.05) is 72.8 Å². The number of hydrogen-bond donors (Lipinski definition) is 1. The number of nitrogens with zero attached hydrogens (tertiary/aromatic N) is 1. The predicted molar refractivity (Wildman–Crippen MR) is 115 cm³/mol. The Morgan fingerprint density at radius 1 is 0.750 bits per heavy atom. The number of rotatable bonds is 6. The van der Waals surface area contributed by atoms with Crippen molar-refractivity contribution >= 4 is 0 Å². The van der Waals surface area contributed by atoms with Crippen molar-refractivity contribution in [3.8, 4) is 5.75 Å². The van der Waals surface area contributed by atoms with E-state index in [0.29, 0.717) is 6.61 Å². The SMILES string of the molecule is c1ccc(COc2ccc(C(c3ccccc3)N3CCCNCC3)cc2)cc1. The molecule has 3 heteroatoms. The summed E-state index contributed by atoms with van der Waals surface area (Å²) in [6.07, 6.45) is 1.18. The summed E-state index contributed by atoms with van der Waals surface area (Å²) in [4.78, 5) is 2.59. The first-order valence-electron chi connectivity index (χ1n) is 10.2. The van der Waals surface area contributed by atoms with Crippen molar-refractivity contribution in [2.75, 3.05) is 26.2 Å². The zero-order chi connectivity index (χ0) is 19.0. The molecule has 1 unspecified atom stereocenters. The smallest absolute Gasteiger partial charge is 0.119 e. The molecule has 0 aliphatic carbocycles. The second-order valence-electron chi connectivity index (χ2n) is 7.30. The standard InChI is InChI=1S/C25H28N2O/c1-3-8-21(9-4-1)20-28-24-14-12-23(13-15-24)25(22-10-5-2-6-11-22)27-18-7-16-26-17-19-27/h1-6,8-15,25-26H,7,16-20H2. The first-order chi connectivity index (χ1) is 13.9. The fourth-order valence-corrected chi connectivity index (χ4v) is 3.86. The van der Waals surface area contributed by atoms with E-state index in [4.69, 9.17) is 4.74 Å². The van der Waals surface area contributed by atoms with Crippen LogP contribution in [-0.4, -0.2) is 31.1 Å². The van der Waals surface area contributed by atoms with E-state index in [2.05, 4.69) is 76.9 Å². The van der Waals surface area contributed by atoms with E-state index in [-0.39, 0.29) is 6.04 Å². The molecule has 1 aliphatic heterocycles. The van der Waals surface area contributed by atoms with Gasteiger partial charge in [0.05, 0.1) is 6.04 Å². The lowest BCUT2D eigenvalue weighted by molar-refractivity contribution is 0.241. The van der Waals surface area contributed by atoms with Crippen LogP contribution in [0.25, 0.3) is 0 Å². The molecular formula is C25H28N2O. The summed E-state index contributed by atoms with van der Waals surface area (Å²) in [7, 11) is 0. The third-order valence-corrected chi connectivity index (χ3v) is 5.30. The normalized spacial score (nSPS) is 16.3. The van der Waals surface area contributed by atoms with E-state index in [1.165, 1.54) is 23.1 Å². The second-order valence-corrected chi connectivity index (χ2v) is 7.30. The maximum Gasteiger partial charge on any atom is 0.119 e. The minimum Gasteiger partial charge on any atom is -0.489 e. The molecular weight excluding hydrogens is 344 g/mol. The van der Waals surface area contributed by atoms with Gasteiger partial charge in [-0.3, -0.25) is 4.90 Å². The molecule has 1 saturated heterocycles. The molecule has 3 nitrogen and oxygen atoms in total. The van der Waals surface area contributed by atoms with Gasteiger partial charge in [0, 0.05) is 19.6 Å². The van der Waals surface area contributed by atoms with Gasteiger partial charge in [0.25, 0.3) is 0 Å². The first kappa shape index (κ1) is 18.7. The van der Waals surface area contributed by atoms with Crippen molar-refractivity contribution in [2.45, 2.75) is 19.1 Å². The summed E-state index contributed by atoms with van der Waals surface area (Å²) in [5.41, 5.74) is 3.85. The number of nitrogens with one attached hydrogen (secondary N) is 1. The van der Waals surface area contributed by atoms with Gasteiger partial charge in [-0.15, -0.1) is 0 Å². The van der Waals surface area contributed by atoms with Crippen LogP contribution in [0.1, 0.15) is 29.2 Å². The fraction of sp³-hybridized carbons (Fsp3) is 0.280. The molecule has 1 aliphatic rings. The average molecular weight is 373 g/mol. The predicted octanol–water partition coefficient (Wildman–Crippen LogP) is 4.65. The average Bonchev–Trinajstić information content (AvgIpc) is 3.04. The van der Waals surface area contributed by atoms with Gasteiger partial charge < -0.3 is 10.1 Å². The van der Waals surface area contributed by atoms with Gasteiger partial charge >= 0.3 is 0 Å². The minimum atomic E-state index is 0.282. The van der Waals surface area contributed by atoms with Gasteiger partial charge in [0.15, 0.2) is 0 Å². The molecule has 0 spiro atoms. The summed E-state index contributed by atoms with van der Waals surface area (Å²) in [5, 5.41) is 3.51. The van der Waals surface area contributed by atoms with Gasteiger partial charge in [0.2, 0.25) is 0 Å². The Morgan fingerprint density at radius 2 is 1.43 bits per heavy atom. The summed E-state index contributed by atoms with van der Waals surface area (Å²) in [6, 6.07) is 30.1. The highest BCUT2D eigenvalue weighted by Crippen LogP contribution is 2.30. The molecule has 1 fully saturated rings. The lowest BCUT2D eigenvalue weighted by atomic mass is 9.96. The molecule has 3 aromatic carbocycles. The Bertz CT molecular complexity index is 825. The van der Waals surface area contributed by atoms with Gasteiger partial charge in [-0.05, 0) is 41.8 Å². The summed E-state index contributed by atoms with van der Waals surface area (Å²) < 4.78 is 5.97. The van der Waals surface area contributed by atoms with E-state index in [1.807, 2.05) is 18.2 Å².